The Kier molecular flexibility index (Phi) is 4.98. The van der Waals surface area contributed by atoms with Gasteiger partial charge in [-0.15, -0.1) is 0 Å². The summed E-state index contributed by atoms with van der Waals surface area (Å²) in [5.41, 5.74) is 1.09. The lowest BCUT2D eigenvalue weighted by molar-refractivity contribution is -0.134. The van der Waals surface area contributed by atoms with Gasteiger partial charge in [0, 0.05) is 26.2 Å². The van der Waals surface area contributed by atoms with E-state index in [0.717, 1.165) is 24.5 Å². The van der Waals surface area contributed by atoms with Gasteiger partial charge < -0.3 is 14.5 Å². The van der Waals surface area contributed by atoms with Crippen molar-refractivity contribution in [2.75, 3.05) is 37.7 Å². The minimum absolute atomic E-state index is 0.0817. The maximum atomic E-state index is 12.6. The summed E-state index contributed by atoms with van der Waals surface area (Å²) >= 11 is 0. The SMILES string of the molecule is CCOc1ccccc1N1CCN(C(=O)[C@@H](C)n2cncn2)CC1. The number of anilines is 1. The standard InChI is InChI=1S/C17H23N5O2/c1-3-24-16-7-5-4-6-15(16)20-8-10-21(11-9-20)17(23)14(2)22-13-18-12-19-22/h4-7,12-14H,3,8-11H2,1-2H3/t14-/m1/s1. The number of aromatic nitrogens is 3. The van der Waals surface area contributed by atoms with Crippen LogP contribution in [-0.4, -0.2) is 58.4 Å². The van der Waals surface area contributed by atoms with Crippen molar-refractivity contribution in [2.24, 2.45) is 0 Å². The van der Waals surface area contributed by atoms with E-state index in [0.29, 0.717) is 19.7 Å². The molecule has 1 aliphatic rings. The molecule has 1 fully saturated rings. The summed E-state index contributed by atoms with van der Waals surface area (Å²) in [6.07, 6.45) is 3.03. The second kappa shape index (κ2) is 7.33. The molecule has 3 rings (SSSR count). The quantitative estimate of drug-likeness (QED) is 0.833. The van der Waals surface area contributed by atoms with Gasteiger partial charge in [0.25, 0.3) is 0 Å². The zero-order chi connectivity index (χ0) is 16.9. The fourth-order valence-electron chi connectivity index (χ4n) is 2.96. The molecule has 128 valence electrons. The summed E-state index contributed by atoms with van der Waals surface area (Å²) in [4.78, 5) is 20.7. The van der Waals surface area contributed by atoms with Gasteiger partial charge in [-0.3, -0.25) is 4.79 Å². The summed E-state index contributed by atoms with van der Waals surface area (Å²) in [6.45, 7) is 7.45. The first-order chi connectivity index (χ1) is 11.7. The number of hydrogen-bond acceptors (Lipinski definition) is 5. The second-order valence-electron chi connectivity index (χ2n) is 5.76. The molecule has 2 aromatic rings. The summed E-state index contributed by atoms with van der Waals surface area (Å²) in [5, 5.41) is 4.06. The third kappa shape index (κ3) is 3.34. The first kappa shape index (κ1) is 16.3. The van der Waals surface area contributed by atoms with E-state index >= 15 is 0 Å². The monoisotopic (exact) mass is 329 g/mol. The smallest absolute Gasteiger partial charge is 0.247 e. The zero-order valence-electron chi connectivity index (χ0n) is 14.1. The lowest BCUT2D eigenvalue weighted by atomic mass is 10.2. The number of piperazine rings is 1. The highest BCUT2D eigenvalue weighted by molar-refractivity contribution is 5.80. The van der Waals surface area contributed by atoms with Crippen LogP contribution in [0.3, 0.4) is 0 Å². The van der Waals surface area contributed by atoms with Gasteiger partial charge in [0.1, 0.15) is 24.4 Å². The second-order valence-corrected chi connectivity index (χ2v) is 5.76. The Morgan fingerprint density at radius 1 is 1.25 bits per heavy atom. The van der Waals surface area contributed by atoms with Crippen molar-refractivity contribution in [1.29, 1.82) is 0 Å². The first-order valence-corrected chi connectivity index (χ1v) is 8.30. The van der Waals surface area contributed by atoms with Gasteiger partial charge in [0.05, 0.1) is 12.3 Å². The molecular formula is C17H23N5O2. The van der Waals surface area contributed by atoms with Crippen LogP contribution in [0.2, 0.25) is 0 Å². The Hall–Kier alpha value is -2.57. The third-order valence-electron chi connectivity index (χ3n) is 4.29. The molecule has 1 aromatic heterocycles. The predicted molar refractivity (Wildman–Crippen MR) is 91.1 cm³/mol. The molecule has 24 heavy (non-hydrogen) atoms. The zero-order valence-corrected chi connectivity index (χ0v) is 14.1. The van der Waals surface area contributed by atoms with Crippen molar-refractivity contribution in [3.63, 3.8) is 0 Å². The van der Waals surface area contributed by atoms with Crippen molar-refractivity contribution >= 4 is 11.6 Å². The van der Waals surface area contributed by atoms with E-state index < -0.39 is 0 Å². The Labute approximate surface area is 141 Å². The summed E-state index contributed by atoms with van der Waals surface area (Å²) in [7, 11) is 0. The highest BCUT2D eigenvalue weighted by Gasteiger charge is 2.27. The molecule has 1 amide bonds. The average Bonchev–Trinajstić information content (AvgIpc) is 3.16. The number of ether oxygens (including phenoxy) is 1. The Morgan fingerprint density at radius 3 is 2.67 bits per heavy atom. The van der Waals surface area contributed by atoms with Gasteiger partial charge in [-0.25, -0.2) is 9.67 Å². The van der Waals surface area contributed by atoms with Crippen molar-refractivity contribution < 1.29 is 9.53 Å². The molecule has 0 radical (unpaired) electrons. The molecule has 0 N–H and O–H groups in total. The lowest BCUT2D eigenvalue weighted by Crippen LogP contribution is -2.50. The fourth-order valence-corrected chi connectivity index (χ4v) is 2.96. The van der Waals surface area contributed by atoms with Gasteiger partial charge in [-0.05, 0) is 26.0 Å². The number of amides is 1. The first-order valence-electron chi connectivity index (χ1n) is 8.30. The van der Waals surface area contributed by atoms with Crippen molar-refractivity contribution in [1.82, 2.24) is 19.7 Å². The Bertz CT molecular complexity index is 665. The van der Waals surface area contributed by atoms with Crippen molar-refractivity contribution in [2.45, 2.75) is 19.9 Å². The van der Waals surface area contributed by atoms with Crippen LogP contribution in [-0.2, 0) is 4.79 Å². The number of para-hydroxylation sites is 2. The van der Waals surface area contributed by atoms with E-state index in [-0.39, 0.29) is 11.9 Å². The van der Waals surface area contributed by atoms with Crippen LogP contribution in [0.4, 0.5) is 5.69 Å². The molecule has 0 aliphatic carbocycles. The minimum Gasteiger partial charge on any atom is -0.492 e. The molecule has 1 atom stereocenters. The lowest BCUT2D eigenvalue weighted by Gasteiger charge is -2.37. The van der Waals surface area contributed by atoms with Crippen molar-refractivity contribution in [3.05, 3.63) is 36.9 Å². The van der Waals surface area contributed by atoms with Gasteiger partial charge in [-0.2, -0.15) is 5.10 Å². The van der Waals surface area contributed by atoms with E-state index in [1.165, 1.54) is 6.33 Å². The molecule has 0 bridgehead atoms. The fraction of sp³-hybridized carbons (Fsp3) is 0.471. The maximum Gasteiger partial charge on any atom is 0.247 e. The van der Waals surface area contributed by atoms with E-state index in [2.05, 4.69) is 21.0 Å². The normalized spacial score (nSPS) is 16.1. The Balaban J connectivity index is 1.63. The van der Waals surface area contributed by atoms with E-state index in [1.807, 2.05) is 36.9 Å². The number of carbonyl (C=O) groups is 1. The maximum absolute atomic E-state index is 12.6. The van der Waals surface area contributed by atoms with E-state index in [9.17, 15) is 4.79 Å². The molecule has 2 heterocycles. The van der Waals surface area contributed by atoms with Gasteiger partial charge in [0.15, 0.2) is 0 Å². The molecule has 7 nitrogen and oxygen atoms in total. The third-order valence-corrected chi connectivity index (χ3v) is 4.29. The van der Waals surface area contributed by atoms with Crippen LogP contribution in [0.15, 0.2) is 36.9 Å². The van der Waals surface area contributed by atoms with Crippen LogP contribution in [0.25, 0.3) is 0 Å². The summed E-state index contributed by atoms with van der Waals surface area (Å²) in [5.74, 6) is 0.981. The molecule has 7 heteroatoms. The van der Waals surface area contributed by atoms with E-state index in [4.69, 9.17) is 4.74 Å². The minimum atomic E-state index is -0.324. The predicted octanol–water partition coefficient (Wildman–Crippen LogP) is 1.59. The van der Waals surface area contributed by atoms with E-state index in [1.54, 1.807) is 11.0 Å². The summed E-state index contributed by atoms with van der Waals surface area (Å²) in [6, 6.07) is 7.73. The molecule has 0 spiro atoms. The number of hydrogen-bond donors (Lipinski definition) is 0. The average molecular weight is 329 g/mol. The van der Waals surface area contributed by atoms with Gasteiger partial charge in [-0.1, -0.05) is 12.1 Å². The van der Waals surface area contributed by atoms with Crippen molar-refractivity contribution in [3.8, 4) is 5.75 Å². The number of nitrogens with zero attached hydrogens (tertiary/aromatic N) is 5. The highest BCUT2D eigenvalue weighted by Crippen LogP contribution is 2.29. The molecule has 0 unspecified atom stereocenters. The summed E-state index contributed by atoms with van der Waals surface area (Å²) < 4.78 is 7.31. The van der Waals surface area contributed by atoms with Crippen LogP contribution < -0.4 is 9.64 Å². The molecule has 1 aliphatic heterocycles. The van der Waals surface area contributed by atoms with Crippen LogP contribution in [0, 0.1) is 0 Å². The molecular weight excluding hydrogens is 306 g/mol. The molecule has 1 aromatic carbocycles. The number of benzene rings is 1. The van der Waals surface area contributed by atoms with Crippen LogP contribution in [0.1, 0.15) is 19.9 Å². The van der Waals surface area contributed by atoms with Crippen LogP contribution >= 0.6 is 0 Å². The topological polar surface area (TPSA) is 63.5 Å². The molecule has 1 saturated heterocycles. The number of carbonyl (C=O) groups excluding carboxylic acids is 1. The van der Waals surface area contributed by atoms with Gasteiger partial charge >= 0.3 is 0 Å². The number of rotatable bonds is 5. The van der Waals surface area contributed by atoms with Crippen LogP contribution in [0.5, 0.6) is 5.75 Å². The Morgan fingerprint density at radius 2 is 2.00 bits per heavy atom. The van der Waals surface area contributed by atoms with Gasteiger partial charge in [0.2, 0.25) is 5.91 Å². The molecule has 0 saturated carbocycles. The largest absolute Gasteiger partial charge is 0.492 e. The highest BCUT2D eigenvalue weighted by atomic mass is 16.5.